The summed E-state index contributed by atoms with van der Waals surface area (Å²) in [4.78, 5) is 29.9. The van der Waals surface area contributed by atoms with Crippen LogP contribution in [0, 0.1) is 13.8 Å². The van der Waals surface area contributed by atoms with Gasteiger partial charge in [0, 0.05) is 0 Å². The van der Waals surface area contributed by atoms with Gasteiger partial charge in [-0.2, -0.15) is 0 Å². The molecule has 32 heavy (non-hydrogen) atoms. The Balaban J connectivity index is 1.51. The van der Waals surface area contributed by atoms with Crippen molar-refractivity contribution in [2.24, 2.45) is 0 Å². The minimum Gasteiger partial charge on any atom is -0.431 e. The van der Waals surface area contributed by atoms with Crippen molar-refractivity contribution >= 4 is 34.8 Å². The molecule has 0 radical (unpaired) electrons. The fourth-order valence-electron chi connectivity index (χ4n) is 2.92. The summed E-state index contributed by atoms with van der Waals surface area (Å²) in [5.41, 5.74) is 3.37. The molecular weight excluding hydrogens is 426 g/mol. The zero-order valence-corrected chi connectivity index (χ0v) is 18.4. The predicted octanol–water partition coefficient (Wildman–Crippen LogP) is 5.51. The first-order valence-electron chi connectivity index (χ1n) is 10.0. The largest absolute Gasteiger partial charge is 0.431 e. The second-order valence-corrected chi connectivity index (χ2v) is 8.43. The third-order valence-electron chi connectivity index (χ3n) is 4.62. The van der Waals surface area contributed by atoms with E-state index in [1.165, 1.54) is 0 Å². The minimum absolute atomic E-state index is 0.206. The molecule has 1 aromatic heterocycles. The molecule has 0 aliphatic heterocycles. The first kappa shape index (κ1) is 21.6. The molecule has 0 N–H and O–H groups in total. The summed E-state index contributed by atoms with van der Waals surface area (Å²) >= 11 is 1.03. The van der Waals surface area contributed by atoms with Crippen molar-refractivity contribution in [1.82, 2.24) is 4.98 Å². The van der Waals surface area contributed by atoms with Crippen molar-refractivity contribution in [2.45, 2.75) is 30.7 Å². The molecule has 0 fully saturated rings. The number of carbonyl (C=O) groups excluding carboxylic acids is 2. The van der Waals surface area contributed by atoms with Crippen molar-refractivity contribution in [2.75, 3.05) is 0 Å². The summed E-state index contributed by atoms with van der Waals surface area (Å²) in [6, 6.07) is 21.5. The van der Waals surface area contributed by atoms with E-state index in [-0.39, 0.29) is 11.6 Å². The molecule has 1 atom stereocenters. The lowest BCUT2D eigenvalue weighted by atomic mass is 10.2. The first-order valence-corrected chi connectivity index (χ1v) is 10.9. The van der Waals surface area contributed by atoms with Crippen molar-refractivity contribution < 1.29 is 23.5 Å². The van der Waals surface area contributed by atoms with Gasteiger partial charge in [-0.15, -0.1) is 0 Å². The predicted molar refractivity (Wildman–Crippen MR) is 122 cm³/mol. The highest BCUT2D eigenvalue weighted by Crippen LogP contribution is 2.30. The maximum Gasteiger partial charge on any atom is 0.325 e. The Morgan fingerprint density at radius 2 is 1.47 bits per heavy atom. The van der Waals surface area contributed by atoms with Crippen molar-refractivity contribution in [3.8, 4) is 11.5 Å². The number of oxazole rings is 1. The van der Waals surface area contributed by atoms with Crippen LogP contribution in [0.5, 0.6) is 11.5 Å². The van der Waals surface area contributed by atoms with E-state index in [4.69, 9.17) is 13.9 Å². The summed E-state index contributed by atoms with van der Waals surface area (Å²) in [6.07, 6.45) is -0.206. The van der Waals surface area contributed by atoms with Crippen LogP contribution < -0.4 is 9.47 Å². The third kappa shape index (κ3) is 5.56. The van der Waals surface area contributed by atoms with Crippen LogP contribution in [0.3, 0.4) is 0 Å². The Bertz CT molecular complexity index is 1200. The van der Waals surface area contributed by atoms with Crippen molar-refractivity contribution in [3.05, 3.63) is 83.9 Å². The molecule has 6 nitrogen and oxygen atoms in total. The number of esters is 2. The molecule has 4 aromatic rings. The highest BCUT2D eigenvalue weighted by atomic mass is 32.2. The molecule has 162 valence electrons. The minimum atomic E-state index is -0.901. The normalized spacial score (nSPS) is 11.8. The Hall–Kier alpha value is -3.58. The SMILES string of the molecule is Cc1ccc(OC(=O)CC(Sc2nc3ccccc3o2)C(=O)Oc2ccc(C)cc2)cc1. The van der Waals surface area contributed by atoms with Crippen LogP contribution >= 0.6 is 11.8 Å². The number of hydrogen-bond acceptors (Lipinski definition) is 7. The van der Waals surface area contributed by atoms with Crippen LogP contribution in [0.15, 0.2) is 82.4 Å². The van der Waals surface area contributed by atoms with Gasteiger partial charge in [0.2, 0.25) is 0 Å². The number of hydrogen-bond donors (Lipinski definition) is 0. The number of aryl methyl sites for hydroxylation is 2. The van der Waals surface area contributed by atoms with Crippen molar-refractivity contribution in [1.29, 1.82) is 0 Å². The zero-order chi connectivity index (χ0) is 22.5. The Morgan fingerprint density at radius 3 is 2.09 bits per heavy atom. The van der Waals surface area contributed by atoms with Crippen LogP contribution in [0.4, 0.5) is 0 Å². The summed E-state index contributed by atoms with van der Waals surface area (Å²) in [5.74, 6) is -0.320. The standard InChI is InChI=1S/C25H21NO5S/c1-16-7-11-18(12-8-16)29-23(27)15-22(24(28)30-19-13-9-17(2)10-14-19)32-25-26-20-5-3-4-6-21(20)31-25/h3-14,22H,15H2,1-2H3. The second kappa shape index (κ2) is 9.70. The molecule has 0 saturated heterocycles. The van der Waals surface area contributed by atoms with Gasteiger partial charge in [-0.25, -0.2) is 4.98 Å². The van der Waals surface area contributed by atoms with Gasteiger partial charge in [-0.1, -0.05) is 59.3 Å². The van der Waals surface area contributed by atoms with E-state index in [1.54, 1.807) is 30.3 Å². The maximum atomic E-state index is 12.9. The molecule has 1 unspecified atom stereocenters. The lowest BCUT2D eigenvalue weighted by molar-refractivity contribution is -0.140. The number of aromatic nitrogens is 1. The highest BCUT2D eigenvalue weighted by molar-refractivity contribution is 8.00. The number of carbonyl (C=O) groups is 2. The lowest BCUT2D eigenvalue weighted by Crippen LogP contribution is -2.27. The maximum absolute atomic E-state index is 12.9. The third-order valence-corrected chi connectivity index (χ3v) is 5.64. The number of nitrogens with zero attached hydrogens (tertiary/aromatic N) is 1. The number of rotatable bonds is 7. The zero-order valence-electron chi connectivity index (χ0n) is 17.6. The average molecular weight is 448 g/mol. The number of thioether (sulfide) groups is 1. The molecule has 1 heterocycles. The summed E-state index contributed by atoms with van der Waals surface area (Å²) in [5, 5.41) is -0.623. The number of benzene rings is 3. The molecular formula is C25H21NO5S. The number of ether oxygens (including phenoxy) is 2. The second-order valence-electron chi connectivity index (χ2n) is 7.28. The Kier molecular flexibility index (Phi) is 6.56. The van der Waals surface area contributed by atoms with E-state index < -0.39 is 17.2 Å². The van der Waals surface area contributed by atoms with E-state index in [0.29, 0.717) is 22.6 Å². The highest BCUT2D eigenvalue weighted by Gasteiger charge is 2.28. The Labute approximate surface area is 189 Å². The number of para-hydroxylation sites is 2. The molecule has 0 amide bonds. The molecule has 0 bridgehead atoms. The molecule has 7 heteroatoms. The lowest BCUT2D eigenvalue weighted by Gasteiger charge is -2.13. The Morgan fingerprint density at radius 1 is 0.875 bits per heavy atom. The quantitative estimate of drug-likeness (QED) is 0.210. The van der Waals surface area contributed by atoms with Gasteiger partial charge >= 0.3 is 11.9 Å². The molecule has 4 rings (SSSR count). The summed E-state index contributed by atoms with van der Waals surface area (Å²) in [6.45, 7) is 3.89. The molecule has 0 aliphatic carbocycles. The van der Waals surface area contributed by atoms with Crippen LogP contribution in [-0.4, -0.2) is 22.2 Å². The summed E-state index contributed by atoms with van der Waals surface area (Å²) in [7, 11) is 0. The van der Waals surface area contributed by atoms with Crippen LogP contribution in [0.2, 0.25) is 0 Å². The average Bonchev–Trinajstić information content (AvgIpc) is 3.19. The van der Waals surface area contributed by atoms with E-state index in [2.05, 4.69) is 4.98 Å². The van der Waals surface area contributed by atoms with Crippen LogP contribution in [0.1, 0.15) is 17.5 Å². The molecule has 0 spiro atoms. The van der Waals surface area contributed by atoms with Gasteiger partial charge in [-0.05, 0) is 50.2 Å². The van der Waals surface area contributed by atoms with Gasteiger partial charge < -0.3 is 13.9 Å². The topological polar surface area (TPSA) is 78.6 Å². The summed E-state index contributed by atoms with van der Waals surface area (Å²) < 4.78 is 16.6. The van der Waals surface area contributed by atoms with Gasteiger partial charge in [0.05, 0.1) is 6.42 Å². The molecule has 0 saturated carbocycles. The fraction of sp³-hybridized carbons (Fsp3) is 0.160. The van der Waals surface area contributed by atoms with E-state index in [9.17, 15) is 9.59 Å². The van der Waals surface area contributed by atoms with Gasteiger partial charge in [-0.3, -0.25) is 9.59 Å². The van der Waals surface area contributed by atoms with Crippen LogP contribution in [-0.2, 0) is 9.59 Å². The molecule has 0 aliphatic rings. The van der Waals surface area contributed by atoms with E-state index in [1.807, 2.05) is 56.3 Å². The molecule has 3 aromatic carbocycles. The van der Waals surface area contributed by atoms with Crippen molar-refractivity contribution in [3.63, 3.8) is 0 Å². The monoisotopic (exact) mass is 447 g/mol. The van der Waals surface area contributed by atoms with Gasteiger partial charge in [0.15, 0.2) is 5.58 Å². The van der Waals surface area contributed by atoms with E-state index >= 15 is 0 Å². The smallest absolute Gasteiger partial charge is 0.325 e. The van der Waals surface area contributed by atoms with E-state index in [0.717, 1.165) is 22.9 Å². The fourth-order valence-corrected chi connectivity index (χ4v) is 3.81. The van der Waals surface area contributed by atoms with Gasteiger partial charge in [0.25, 0.3) is 5.22 Å². The first-order chi connectivity index (χ1) is 15.5. The van der Waals surface area contributed by atoms with Crippen LogP contribution in [0.25, 0.3) is 11.1 Å². The number of fused-ring (bicyclic) bond motifs is 1. The van der Waals surface area contributed by atoms with Gasteiger partial charge in [0.1, 0.15) is 22.3 Å².